The lowest BCUT2D eigenvalue weighted by molar-refractivity contribution is -0.137. The van der Waals surface area contributed by atoms with Crippen LogP contribution >= 0.6 is 0 Å². The predicted molar refractivity (Wildman–Crippen MR) is 104 cm³/mol. The molecule has 31 heavy (non-hydrogen) atoms. The lowest BCUT2D eigenvalue weighted by atomic mass is 10.2. The number of halogens is 4. The van der Waals surface area contributed by atoms with Crippen molar-refractivity contribution in [3.05, 3.63) is 95.2 Å². The second-order valence-electron chi connectivity index (χ2n) is 6.82. The standard InChI is InChI=1S/C22H15F4N3O2/c23-18-9-2-1-5-14(18)13-29-20(30)19(27-21(29)31)12-17-8-4-10-28(17)16-7-3-6-15(11-16)22(24,25)26/h1-12H,13H2,(H,27,31)/b19-12+. The van der Waals surface area contributed by atoms with Crippen LogP contribution in [0.2, 0.25) is 0 Å². The Labute approximate surface area is 174 Å². The van der Waals surface area contributed by atoms with Crippen molar-refractivity contribution < 1.29 is 27.2 Å². The van der Waals surface area contributed by atoms with Gasteiger partial charge in [0.1, 0.15) is 11.5 Å². The Kier molecular flexibility index (Phi) is 5.10. The molecule has 3 aromatic rings. The largest absolute Gasteiger partial charge is 0.416 e. The van der Waals surface area contributed by atoms with Gasteiger partial charge in [-0.1, -0.05) is 24.3 Å². The number of nitrogens with zero attached hydrogens (tertiary/aromatic N) is 2. The number of carbonyl (C=O) groups excluding carboxylic acids is 2. The highest BCUT2D eigenvalue weighted by atomic mass is 19.4. The summed E-state index contributed by atoms with van der Waals surface area (Å²) in [6.45, 7) is -0.247. The lowest BCUT2D eigenvalue weighted by Crippen LogP contribution is -2.30. The monoisotopic (exact) mass is 429 g/mol. The zero-order chi connectivity index (χ0) is 22.2. The highest BCUT2D eigenvalue weighted by Crippen LogP contribution is 2.31. The minimum absolute atomic E-state index is 0.0618. The van der Waals surface area contributed by atoms with E-state index in [-0.39, 0.29) is 23.5 Å². The van der Waals surface area contributed by atoms with E-state index in [1.54, 1.807) is 24.4 Å². The molecule has 1 fully saturated rings. The third-order valence-corrected chi connectivity index (χ3v) is 4.77. The highest BCUT2D eigenvalue weighted by molar-refractivity contribution is 6.13. The molecule has 0 atom stereocenters. The van der Waals surface area contributed by atoms with Gasteiger partial charge in [0.15, 0.2) is 0 Å². The van der Waals surface area contributed by atoms with Gasteiger partial charge in [-0.15, -0.1) is 0 Å². The molecule has 5 nitrogen and oxygen atoms in total. The summed E-state index contributed by atoms with van der Waals surface area (Å²) in [5.41, 5.74) is -0.0613. The molecule has 1 N–H and O–H groups in total. The fourth-order valence-electron chi connectivity index (χ4n) is 3.24. The van der Waals surface area contributed by atoms with E-state index < -0.39 is 29.5 Å². The van der Waals surface area contributed by atoms with Gasteiger partial charge in [0.2, 0.25) is 0 Å². The van der Waals surface area contributed by atoms with E-state index in [0.717, 1.165) is 17.0 Å². The average molecular weight is 429 g/mol. The molecule has 0 spiro atoms. The van der Waals surface area contributed by atoms with E-state index in [4.69, 9.17) is 0 Å². The topological polar surface area (TPSA) is 54.3 Å². The lowest BCUT2D eigenvalue weighted by Gasteiger charge is -2.12. The summed E-state index contributed by atoms with van der Waals surface area (Å²) >= 11 is 0. The molecule has 0 aliphatic carbocycles. The van der Waals surface area contributed by atoms with Gasteiger partial charge in [-0.2, -0.15) is 13.2 Å². The minimum atomic E-state index is -4.50. The zero-order valence-corrected chi connectivity index (χ0v) is 15.9. The molecule has 2 aromatic carbocycles. The summed E-state index contributed by atoms with van der Waals surface area (Å²) in [4.78, 5) is 25.8. The number of rotatable bonds is 4. The van der Waals surface area contributed by atoms with Gasteiger partial charge in [-0.25, -0.2) is 9.18 Å². The van der Waals surface area contributed by atoms with Crippen molar-refractivity contribution in [1.29, 1.82) is 0 Å². The molecule has 2 heterocycles. The number of alkyl halides is 3. The number of nitrogens with one attached hydrogen (secondary N) is 1. The van der Waals surface area contributed by atoms with Crippen molar-refractivity contribution in [3.63, 3.8) is 0 Å². The third-order valence-electron chi connectivity index (χ3n) is 4.77. The van der Waals surface area contributed by atoms with Gasteiger partial charge in [0, 0.05) is 23.1 Å². The molecule has 0 unspecified atom stereocenters. The molecule has 4 rings (SSSR count). The number of aromatic nitrogens is 1. The number of hydrogen-bond donors (Lipinski definition) is 1. The molecule has 1 aromatic heterocycles. The van der Waals surface area contributed by atoms with Crippen molar-refractivity contribution in [2.24, 2.45) is 0 Å². The summed E-state index contributed by atoms with van der Waals surface area (Å²) in [6, 6.07) is 13.0. The van der Waals surface area contributed by atoms with Crippen LogP contribution in [0.5, 0.6) is 0 Å². The van der Waals surface area contributed by atoms with Crippen molar-refractivity contribution in [3.8, 4) is 5.69 Å². The van der Waals surface area contributed by atoms with Crippen LogP contribution in [-0.2, 0) is 17.5 Å². The first-order chi connectivity index (χ1) is 14.7. The highest BCUT2D eigenvalue weighted by Gasteiger charge is 2.34. The zero-order valence-electron chi connectivity index (χ0n) is 15.9. The van der Waals surface area contributed by atoms with Crippen LogP contribution < -0.4 is 5.32 Å². The van der Waals surface area contributed by atoms with Gasteiger partial charge in [0.05, 0.1) is 12.1 Å². The number of hydrogen-bond acceptors (Lipinski definition) is 2. The summed E-state index contributed by atoms with van der Waals surface area (Å²) in [5, 5.41) is 2.43. The smallest absolute Gasteiger partial charge is 0.317 e. The number of amides is 3. The van der Waals surface area contributed by atoms with Gasteiger partial charge >= 0.3 is 12.2 Å². The Hall–Kier alpha value is -3.88. The number of imide groups is 1. The maximum Gasteiger partial charge on any atom is 0.416 e. The fourth-order valence-corrected chi connectivity index (χ4v) is 3.24. The van der Waals surface area contributed by atoms with Crippen molar-refractivity contribution in [2.45, 2.75) is 12.7 Å². The molecule has 0 radical (unpaired) electrons. The minimum Gasteiger partial charge on any atom is -0.317 e. The van der Waals surface area contributed by atoms with E-state index >= 15 is 0 Å². The first-order valence-electron chi connectivity index (χ1n) is 9.17. The first-order valence-corrected chi connectivity index (χ1v) is 9.17. The van der Waals surface area contributed by atoms with Crippen LogP contribution in [0.3, 0.4) is 0 Å². The molecule has 9 heteroatoms. The molecular formula is C22H15F4N3O2. The Bertz CT molecular complexity index is 1200. The van der Waals surface area contributed by atoms with E-state index in [0.29, 0.717) is 5.69 Å². The second kappa shape index (κ2) is 7.75. The van der Waals surface area contributed by atoms with Crippen LogP contribution in [0.25, 0.3) is 11.8 Å². The first kappa shape index (κ1) is 20.4. The molecular weight excluding hydrogens is 414 g/mol. The summed E-state index contributed by atoms with van der Waals surface area (Å²) < 4.78 is 54.5. The molecule has 1 aliphatic rings. The SMILES string of the molecule is O=C1N/C(=C/c2cccn2-c2cccc(C(F)(F)F)c2)C(=O)N1Cc1ccccc1F. The molecule has 1 aliphatic heterocycles. The summed E-state index contributed by atoms with van der Waals surface area (Å²) in [7, 11) is 0. The number of urea groups is 1. The predicted octanol–water partition coefficient (Wildman–Crippen LogP) is 4.73. The molecule has 3 amide bonds. The third kappa shape index (κ3) is 4.07. The van der Waals surface area contributed by atoms with Gasteiger partial charge in [-0.05, 0) is 42.5 Å². The van der Waals surface area contributed by atoms with Crippen molar-refractivity contribution in [2.75, 3.05) is 0 Å². The summed E-state index contributed by atoms with van der Waals surface area (Å²) in [5.74, 6) is -1.20. The van der Waals surface area contributed by atoms with Gasteiger partial charge < -0.3 is 9.88 Å². The maximum absolute atomic E-state index is 13.9. The molecule has 158 valence electrons. The van der Waals surface area contributed by atoms with E-state index in [1.807, 2.05) is 0 Å². The maximum atomic E-state index is 13.9. The average Bonchev–Trinajstić information content (AvgIpc) is 3.29. The van der Waals surface area contributed by atoms with Crippen molar-refractivity contribution in [1.82, 2.24) is 14.8 Å². The Morgan fingerprint density at radius 2 is 1.74 bits per heavy atom. The second-order valence-corrected chi connectivity index (χ2v) is 6.82. The van der Waals surface area contributed by atoms with E-state index in [9.17, 15) is 27.2 Å². The van der Waals surface area contributed by atoms with E-state index in [2.05, 4.69) is 5.32 Å². The molecule has 0 saturated carbocycles. The Balaban J connectivity index is 1.63. The summed E-state index contributed by atoms with van der Waals surface area (Å²) in [6.07, 6.45) is -1.59. The van der Waals surface area contributed by atoms with Crippen LogP contribution in [0.4, 0.5) is 22.4 Å². The van der Waals surface area contributed by atoms with Gasteiger partial charge in [0.25, 0.3) is 5.91 Å². The fraction of sp³-hybridized carbons (Fsp3) is 0.0909. The normalized spacial score (nSPS) is 15.6. The molecule has 1 saturated heterocycles. The van der Waals surface area contributed by atoms with Crippen LogP contribution in [0.15, 0.2) is 72.6 Å². The molecule has 0 bridgehead atoms. The van der Waals surface area contributed by atoms with Crippen LogP contribution in [0.1, 0.15) is 16.8 Å². The van der Waals surface area contributed by atoms with Crippen LogP contribution in [-0.4, -0.2) is 21.4 Å². The van der Waals surface area contributed by atoms with Gasteiger partial charge in [-0.3, -0.25) is 9.69 Å². The number of carbonyl (C=O) groups is 2. The Morgan fingerprint density at radius 3 is 2.48 bits per heavy atom. The quantitative estimate of drug-likeness (QED) is 0.371. The van der Waals surface area contributed by atoms with Crippen molar-refractivity contribution >= 4 is 18.0 Å². The number of benzene rings is 2. The van der Waals surface area contributed by atoms with E-state index in [1.165, 1.54) is 41.0 Å². The van der Waals surface area contributed by atoms with Crippen LogP contribution in [0, 0.1) is 5.82 Å². The Morgan fingerprint density at radius 1 is 0.968 bits per heavy atom.